The van der Waals surface area contributed by atoms with Crippen molar-refractivity contribution in [3.63, 3.8) is 0 Å². The van der Waals surface area contributed by atoms with E-state index in [9.17, 15) is 9.18 Å². The van der Waals surface area contributed by atoms with Crippen molar-refractivity contribution in [2.24, 2.45) is 0 Å². The zero-order chi connectivity index (χ0) is 13.0. The van der Waals surface area contributed by atoms with E-state index in [-0.39, 0.29) is 11.4 Å². The highest BCUT2D eigenvalue weighted by Crippen LogP contribution is 2.14. The number of carboxylic acids is 1. The molecule has 0 saturated carbocycles. The molecular formula is C13H11FN2O2. The van der Waals surface area contributed by atoms with Gasteiger partial charge in [0.1, 0.15) is 5.82 Å². The summed E-state index contributed by atoms with van der Waals surface area (Å²) in [6.07, 6.45) is 2.85. The summed E-state index contributed by atoms with van der Waals surface area (Å²) in [4.78, 5) is 14.8. The number of nitrogens with one attached hydrogen (secondary N) is 1. The minimum Gasteiger partial charge on any atom is -0.478 e. The molecule has 2 aromatic rings. The molecule has 1 heterocycles. The van der Waals surface area contributed by atoms with Gasteiger partial charge >= 0.3 is 5.97 Å². The number of carbonyl (C=O) groups is 1. The number of carboxylic acid groups (broad SMARTS) is 1. The quantitative estimate of drug-likeness (QED) is 0.870. The Morgan fingerprint density at radius 3 is 2.94 bits per heavy atom. The third kappa shape index (κ3) is 2.82. The fourth-order valence-corrected chi connectivity index (χ4v) is 1.57. The normalized spacial score (nSPS) is 10.1. The summed E-state index contributed by atoms with van der Waals surface area (Å²) in [6, 6.07) is 7.52. The molecule has 1 aromatic carbocycles. The van der Waals surface area contributed by atoms with E-state index in [4.69, 9.17) is 5.11 Å². The average molecular weight is 246 g/mol. The van der Waals surface area contributed by atoms with Gasteiger partial charge in [-0.1, -0.05) is 12.1 Å². The Kier molecular flexibility index (Phi) is 3.52. The smallest absolute Gasteiger partial charge is 0.337 e. The predicted molar refractivity (Wildman–Crippen MR) is 64.9 cm³/mol. The van der Waals surface area contributed by atoms with Gasteiger partial charge in [-0.05, 0) is 23.8 Å². The lowest BCUT2D eigenvalue weighted by molar-refractivity contribution is 0.0698. The molecule has 1 aromatic heterocycles. The van der Waals surface area contributed by atoms with Gasteiger partial charge in [-0.25, -0.2) is 9.18 Å². The third-order valence-corrected chi connectivity index (χ3v) is 2.42. The van der Waals surface area contributed by atoms with E-state index in [2.05, 4.69) is 10.3 Å². The Morgan fingerprint density at radius 1 is 1.39 bits per heavy atom. The van der Waals surface area contributed by atoms with Gasteiger partial charge in [0, 0.05) is 12.7 Å². The molecule has 5 heteroatoms. The number of pyridine rings is 1. The number of halogens is 1. The highest BCUT2D eigenvalue weighted by molar-refractivity contribution is 5.93. The molecule has 0 amide bonds. The van der Waals surface area contributed by atoms with Crippen molar-refractivity contribution in [3.8, 4) is 0 Å². The Balaban J connectivity index is 2.13. The van der Waals surface area contributed by atoms with Gasteiger partial charge in [0.15, 0.2) is 0 Å². The van der Waals surface area contributed by atoms with Crippen LogP contribution in [0.2, 0.25) is 0 Å². The first kappa shape index (κ1) is 12.0. The second kappa shape index (κ2) is 5.27. The third-order valence-electron chi connectivity index (χ3n) is 2.42. The highest BCUT2D eigenvalue weighted by atomic mass is 19.1. The molecule has 0 aliphatic heterocycles. The van der Waals surface area contributed by atoms with Crippen LogP contribution < -0.4 is 5.32 Å². The molecule has 0 atom stereocenters. The van der Waals surface area contributed by atoms with Crippen LogP contribution in [0.1, 0.15) is 15.9 Å². The molecule has 4 nitrogen and oxygen atoms in total. The van der Waals surface area contributed by atoms with Gasteiger partial charge < -0.3 is 10.4 Å². The van der Waals surface area contributed by atoms with Crippen molar-refractivity contribution < 1.29 is 14.3 Å². The zero-order valence-electron chi connectivity index (χ0n) is 9.43. The summed E-state index contributed by atoms with van der Waals surface area (Å²) in [5.41, 5.74) is 1.28. The Morgan fingerprint density at radius 2 is 2.22 bits per heavy atom. The molecule has 0 fully saturated rings. The average Bonchev–Trinajstić information content (AvgIpc) is 2.37. The molecular weight excluding hydrogens is 235 g/mol. The molecule has 92 valence electrons. The topological polar surface area (TPSA) is 62.2 Å². The van der Waals surface area contributed by atoms with Gasteiger partial charge in [-0.3, -0.25) is 4.98 Å². The van der Waals surface area contributed by atoms with Crippen molar-refractivity contribution in [3.05, 3.63) is 59.7 Å². The summed E-state index contributed by atoms with van der Waals surface area (Å²) in [6.45, 7) is 0.337. The van der Waals surface area contributed by atoms with Gasteiger partial charge in [0.2, 0.25) is 0 Å². The first-order chi connectivity index (χ1) is 8.66. The number of rotatable bonds is 4. The molecule has 0 aliphatic rings. The lowest BCUT2D eigenvalue weighted by Crippen LogP contribution is -2.06. The number of benzene rings is 1. The summed E-state index contributed by atoms with van der Waals surface area (Å²) in [5, 5.41) is 11.9. The standard InChI is InChI=1S/C13H11FN2O2/c14-10-3-1-2-9(6-10)7-16-12-8-15-5-4-11(12)13(17)18/h1-6,8,16H,7H2,(H,17,18). The lowest BCUT2D eigenvalue weighted by Gasteiger charge is -2.08. The molecule has 0 radical (unpaired) electrons. The van der Waals surface area contributed by atoms with Crippen molar-refractivity contribution in [1.29, 1.82) is 0 Å². The maximum absolute atomic E-state index is 13.0. The van der Waals surface area contributed by atoms with E-state index in [0.29, 0.717) is 12.2 Å². The number of hydrogen-bond donors (Lipinski definition) is 2. The van der Waals surface area contributed by atoms with Gasteiger partial charge in [-0.15, -0.1) is 0 Å². The fraction of sp³-hybridized carbons (Fsp3) is 0.0769. The SMILES string of the molecule is O=C(O)c1ccncc1NCc1cccc(F)c1. The Labute approximate surface area is 103 Å². The Bertz CT molecular complexity index is 572. The van der Waals surface area contributed by atoms with Crippen LogP contribution in [0.25, 0.3) is 0 Å². The molecule has 2 rings (SSSR count). The molecule has 2 N–H and O–H groups in total. The molecule has 0 spiro atoms. The summed E-state index contributed by atoms with van der Waals surface area (Å²) in [5.74, 6) is -1.35. The van der Waals surface area contributed by atoms with E-state index in [1.807, 2.05) is 0 Å². The monoisotopic (exact) mass is 246 g/mol. The second-order valence-corrected chi connectivity index (χ2v) is 3.71. The second-order valence-electron chi connectivity index (χ2n) is 3.71. The summed E-state index contributed by atoms with van der Waals surface area (Å²) in [7, 11) is 0. The predicted octanol–water partition coefficient (Wildman–Crippen LogP) is 2.53. The zero-order valence-corrected chi connectivity index (χ0v) is 9.43. The molecule has 0 aliphatic carbocycles. The van der Waals surface area contributed by atoms with E-state index >= 15 is 0 Å². The number of aromatic carboxylic acids is 1. The van der Waals surface area contributed by atoms with Crippen LogP contribution in [0.3, 0.4) is 0 Å². The fourth-order valence-electron chi connectivity index (χ4n) is 1.57. The van der Waals surface area contributed by atoms with Crippen LogP contribution in [0, 0.1) is 5.82 Å². The van der Waals surface area contributed by atoms with E-state index in [1.165, 1.54) is 30.6 Å². The Hall–Kier alpha value is -2.43. The van der Waals surface area contributed by atoms with Gasteiger partial charge in [0.05, 0.1) is 17.4 Å². The summed E-state index contributed by atoms with van der Waals surface area (Å²) >= 11 is 0. The molecule has 0 unspecified atom stereocenters. The minimum atomic E-state index is -1.03. The molecule has 0 saturated heterocycles. The van der Waals surface area contributed by atoms with Crippen molar-refractivity contribution >= 4 is 11.7 Å². The highest BCUT2D eigenvalue weighted by Gasteiger charge is 2.08. The minimum absolute atomic E-state index is 0.140. The first-order valence-corrected chi connectivity index (χ1v) is 5.32. The number of nitrogens with zero attached hydrogens (tertiary/aromatic N) is 1. The first-order valence-electron chi connectivity index (χ1n) is 5.32. The van der Waals surface area contributed by atoms with Crippen LogP contribution >= 0.6 is 0 Å². The van der Waals surface area contributed by atoms with E-state index < -0.39 is 5.97 Å². The summed E-state index contributed by atoms with van der Waals surface area (Å²) < 4.78 is 13.0. The van der Waals surface area contributed by atoms with Crippen LogP contribution in [-0.2, 0) is 6.54 Å². The van der Waals surface area contributed by atoms with E-state index in [0.717, 1.165) is 5.56 Å². The molecule has 18 heavy (non-hydrogen) atoms. The van der Waals surface area contributed by atoms with Crippen LogP contribution in [0.4, 0.5) is 10.1 Å². The largest absolute Gasteiger partial charge is 0.478 e. The maximum Gasteiger partial charge on any atom is 0.337 e. The van der Waals surface area contributed by atoms with Crippen molar-refractivity contribution in [1.82, 2.24) is 4.98 Å². The number of anilines is 1. The van der Waals surface area contributed by atoms with Gasteiger partial charge in [-0.2, -0.15) is 0 Å². The van der Waals surface area contributed by atoms with Gasteiger partial charge in [0.25, 0.3) is 0 Å². The van der Waals surface area contributed by atoms with E-state index in [1.54, 1.807) is 12.1 Å². The maximum atomic E-state index is 13.0. The molecule has 0 bridgehead atoms. The lowest BCUT2D eigenvalue weighted by atomic mass is 10.2. The van der Waals surface area contributed by atoms with Crippen molar-refractivity contribution in [2.75, 3.05) is 5.32 Å². The number of aromatic nitrogens is 1. The number of hydrogen-bond acceptors (Lipinski definition) is 3. The van der Waals surface area contributed by atoms with Crippen molar-refractivity contribution in [2.45, 2.75) is 6.54 Å². The van der Waals surface area contributed by atoms with Crippen LogP contribution in [0.5, 0.6) is 0 Å². The van der Waals surface area contributed by atoms with Crippen LogP contribution in [-0.4, -0.2) is 16.1 Å². The van der Waals surface area contributed by atoms with Crippen LogP contribution in [0.15, 0.2) is 42.7 Å².